The molecule has 0 spiro atoms. The number of hydrogen-bond donors (Lipinski definition) is 2. The molecule has 1 rings (SSSR count). The van der Waals surface area contributed by atoms with Gasteiger partial charge in [0.1, 0.15) is 0 Å². The Morgan fingerprint density at radius 1 is 1.69 bits per heavy atom. The summed E-state index contributed by atoms with van der Waals surface area (Å²) in [5.74, 6) is 4.96. The van der Waals surface area contributed by atoms with Crippen molar-refractivity contribution in [2.45, 2.75) is 25.8 Å². The van der Waals surface area contributed by atoms with Gasteiger partial charge in [-0.05, 0) is 33.5 Å². The maximum absolute atomic E-state index is 11.3. The van der Waals surface area contributed by atoms with E-state index < -0.39 is 0 Å². The summed E-state index contributed by atoms with van der Waals surface area (Å²) >= 11 is 0. The highest BCUT2D eigenvalue weighted by Gasteiger charge is 2.23. The van der Waals surface area contributed by atoms with Crippen molar-refractivity contribution in [2.75, 3.05) is 33.7 Å². The molecule has 5 nitrogen and oxygen atoms in total. The molecule has 0 bridgehead atoms. The molecule has 5 heteroatoms. The molecule has 3 N–H and O–H groups in total. The van der Waals surface area contributed by atoms with E-state index >= 15 is 0 Å². The lowest BCUT2D eigenvalue weighted by Gasteiger charge is -2.27. The van der Waals surface area contributed by atoms with Crippen molar-refractivity contribution in [2.24, 2.45) is 11.8 Å². The third kappa shape index (κ3) is 3.73. The van der Waals surface area contributed by atoms with Crippen molar-refractivity contribution < 1.29 is 4.79 Å². The van der Waals surface area contributed by atoms with Gasteiger partial charge in [-0.1, -0.05) is 6.92 Å². The molecule has 0 saturated carbocycles. The lowest BCUT2D eigenvalue weighted by Crippen LogP contribution is -2.42. The van der Waals surface area contributed by atoms with Crippen molar-refractivity contribution in [3.05, 3.63) is 0 Å². The van der Waals surface area contributed by atoms with E-state index in [9.17, 15) is 4.79 Å². The number of hydrogen-bond acceptors (Lipinski definition) is 4. The second-order valence-corrected chi connectivity index (χ2v) is 4.91. The molecule has 1 aliphatic rings. The first-order valence-electron chi connectivity index (χ1n) is 5.93. The van der Waals surface area contributed by atoms with Gasteiger partial charge in [-0.2, -0.15) is 0 Å². The van der Waals surface area contributed by atoms with Crippen molar-refractivity contribution in [1.29, 1.82) is 0 Å². The predicted molar refractivity (Wildman–Crippen MR) is 64.6 cm³/mol. The standard InChI is InChI=1S/C11H24N4O/c1-9(11(16)13-12)7-14(2)8-10-5-4-6-15(10)3/h9-10H,4-8,12H2,1-3H3,(H,13,16). The predicted octanol–water partition coefficient (Wildman–Crippen LogP) is -0.362. The van der Waals surface area contributed by atoms with Gasteiger partial charge in [0, 0.05) is 25.0 Å². The number of likely N-dealkylation sites (N-methyl/N-ethyl adjacent to an activating group) is 2. The molecule has 0 aromatic heterocycles. The zero-order valence-electron chi connectivity index (χ0n) is 10.6. The van der Waals surface area contributed by atoms with Crippen LogP contribution in [0.1, 0.15) is 19.8 Å². The van der Waals surface area contributed by atoms with Gasteiger partial charge < -0.3 is 9.80 Å². The van der Waals surface area contributed by atoms with Gasteiger partial charge in [0.2, 0.25) is 5.91 Å². The minimum absolute atomic E-state index is 0.0540. The number of nitrogens with two attached hydrogens (primary N) is 1. The van der Waals surface area contributed by atoms with Crippen LogP contribution in [0.25, 0.3) is 0 Å². The Bertz CT molecular complexity index is 234. The highest BCUT2D eigenvalue weighted by Crippen LogP contribution is 2.15. The quantitative estimate of drug-likeness (QED) is 0.383. The first-order valence-corrected chi connectivity index (χ1v) is 5.93. The summed E-state index contributed by atoms with van der Waals surface area (Å²) in [6.07, 6.45) is 2.55. The Morgan fingerprint density at radius 3 is 2.88 bits per heavy atom. The molecule has 94 valence electrons. The largest absolute Gasteiger partial charge is 0.304 e. The lowest BCUT2D eigenvalue weighted by atomic mass is 10.1. The summed E-state index contributed by atoms with van der Waals surface area (Å²) in [6, 6.07) is 0.637. The number of hydrazine groups is 1. The highest BCUT2D eigenvalue weighted by atomic mass is 16.2. The van der Waals surface area contributed by atoms with Crippen LogP contribution in [0.15, 0.2) is 0 Å². The molecule has 2 atom stereocenters. The van der Waals surface area contributed by atoms with E-state index in [-0.39, 0.29) is 11.8 Å². The minimum Gasteiger partial charge on any atom is -0.304 e. The normalized spacial score (nSPS) is 23.7. The zero-order chi connectivity index (χ0) is 12.1. The Kier molecular flexibility index (Phi) is 5.18. The fraction of sp³-hybridized carbons (Fsp3) is 0.909. The number of carbonyl (C=O) groups excluding carboxylic acids is 1. The fourth-order valence-electron chi connectivity index (χ4n) is 2.34. The first kappa shape index (κ1) is 13.4. The van der Waals surface area contributed by atoms with Gasteiger partial charge in [-0.3, -0.25) is 10.2 Å². The monoisotopic (exact) mass is 228 g/mol. The molecule has 1 amide bonds. The maximum Gasteiger partial charge on any atom is 0.237 e. The molecular weight excluding hydrogens is 204 g/mol. The van der Waals surface area contributed by atoms with Crippen LogP contribution in [0.3, 0.4) is 0 Å². The Balaban J connectivity index is 2.29. The van der Waals surface area contributed by atoms with E-state index in [0.29, 0.717) is 6.04 Å². The second-order valence-electron chi connectivity index (χ2n) is 4.91. The molecule has 0 aromatic rings. The number of likely N-dealkylation sites (tertiary alicyclic amines) is 1. The van der Waals surface area contributed by atoms with Gasteiger partial charge in [0.15, 0.2) is 0 Å². The van der Waals surface area contributed by atoms with Crippen molar-refractivity contribution in [3.8, 4) is 0 Å². The fourth-order valence-corrected chi connectivity index (χ4v) is 2.34. The van der Waals surface area contributed by atoms with E-state index in [1.165, 1.54) is 19.4 Å². The summed E-state index contributed by atoms with van der Waals surface area (Å²) in [6.45, 7) is 4.88. The van der Waals surface area contributed by atoms with Gasteiger partial charge in [-0.25, -0.2) is 5.84 Å². The maximum atomic E-state index is 11.3. The Morgan fingerprint density at radius 2 is 2.38 bits per heavy atom. The van der Waals surface area contributed by atoms with Crippen LogP contribution in [-0.4, -0.2) is 55.5 Å². The number of nitrogens with zero attached hydrogens (tertiary/aromatic N) is 2. The highest BCUT2D eigenvalue weighted by molar-refractivity contribution is 5.77. The first-order chi connectivity index (χ1) is 7.54. The summed E-state index contributed by atoms with van der Waals surface area (Å²) in [4.78, 5) is 15.9. The second kappa shape index (κ2) is 6.18. The molecule has 0 aromatic carbocycles. The van der Waals surface area contributed by atoms with Gasteiger partial charge in [0.05, 0.1) is 0 Å². The van der Waals surface area contributed by atoms with Crippen LogP contribution in [-0.2, 0) is 4.79 Å². The smallest absolute Gasteiger partial charge is 0.237 e. The number of nitrogens with one attached hydrogen (secondary N) is 1. The zero-order valence-corrected chi connectivity index (χ0v) is 10.6. The lowest BCUT2D eigenvalue weighted by molar-refractivity contribution is -0.125. The van der Waals surface area contributed by atoms with Crippen molar-refractivity contribution in [1.82, 2.24) is 15.2 Å². The molecule has 1 saturated heterocycles. The number of carbonyl (C=O) groups is 1. The van der Waals surface area contributed by atoms with Crippen LogP contribution in [0, 0.1) is 5.92 Å². The Hall–Kier alpha value is -0.650. The number of amides is 1. The summed E-state index contributed by atoms with van der Waals surface area (Å²) in [5.41, 5.74) is 2.20. The third-order valence-corrected chi connectivity index (χ3v) is 3.37. The number of rotatable bonds is 5. The molecule has 16 heavy (non-hydrogen) atoms. The molecule has 2 unspecified atom stereocenters. The summed E-state index contributed by atoms with van der Waals surface area (Å²) in [7, 11) is 4.23. The van der Waals surface area contributed by atoms with E-state index in [4.69, 9.17) is 5.84 Å². The van der Waals surface area contributed by atoms with E-state index in [2.05, 4.69) is 29.3 Å². The molecule has 1 aliphatic heterocycles. The van der Waals surface area contributed by atoms with Gasteiger partial charge >= 0.3 is 0 Å². The van der Waals surface area contributed by atoms with E-state index in [0.717, 1.165) is 13.1 Å². The van der Waals surface area contributed by atoms with Crippen LogP contribution in [0.2, 0.25) is 0 Å². The van der Waals surface area contributed by atoms with E-state index in [1.54, 1.807) is 0 Å². The van der Waals surface area contributed by atoms with Crippen molar-refractivity contribution in [3.63, 3.8) is 0 Å². The summed E-state index contributed by atoms with van der Waals surface area (Å²) in [5, 5.41) is 0. The van der Waals surface area contributed by atoms with E-state index in [1.807, 2.05) is 6.92 Å². The van der Waals surface area contributed by atoms with Crippen LogP contribution in [0.5, 0.6) is 0 Å². The van der Waals surface area contributed by atoms with Crippen LogP contribution in [0.4, 0.5) is 0 Å². The molecular formula is C11H24N4O. The molecule has 1 fully saturated rings. The SMILES string of the molecule is CC(CN(C)CC1CCCN1C)C(=O)NN. The molecule has 0 radical (unpaired) electrons. The summed E-state index contributed by atoms with van der Waals surface area (Å²) < 4.78 is 0. The Labute approximate surface area is 97.9 Å². The molecule has 0 aliphatic carbocycles. The average Bonchev–Trinajstić information content (AvgIpc) is 2.63. The molecule has 1 heterocycles. The average molecular weight is 228 g/mol. The third-order valence-electron chi connectivity index (χ3n) is 3.37. The van der Waals surface area contributed by atoms with Crippen LogP contribution >= 0.6 is 0 Å². The van der Waals surface area contributed by atoms with Crippen LogP contribution < -0.4 is 11.3 Å². The van der Waals surface area contributed by atoms with Gasteiger partial charge in [-0.15, -0.1) is 0 Å². The van der Waals surface area contributed by atoms with Gasteiger partial charge in [0.25, 0.3) is 0 Å². The van der Waals surface area contributed by atoms with Crippen molar-refractivity contribution >= 4 is 5.91 Å². The topological polar surface area (TPSA) is 61.6 Å². The minimum atomic E-state index is -0.0911.